The molecule has 0 fully saturated rings. The first-order valence-corrected chi connectivity index (χ1v) is 11.0. The molecular formula is C23H24N2O4S. The molecule has 0 aliphatic carbocycles. The Balaban J connectivity index is 1.63. The largest absolute Gasteiger partial charge is 0.491 e. The Bertz CT molecular complexity index is 1100. The highest BCUT2D eigenvalue weighted by molar-refractivity contribution is 7.92. The molecule has 0 heterocycles. The predicted octanol–water partition coefficient (Wildman–Crippen LogP) is 3.99. The lowest BCUT2D eigenvalue weighted by atomic mass is 10.2. The fourth-order valence-electron chi connectivity index (χ4n) is 2.73. The molecule has 0 aliphatic rings. The third-order valence-corrected chi connectivity index (χ3v) is 5.71. The van der Waals surface area contributed by atoms with Gasteiger partial charge in [0.25, 0.3) is 15.9 Å². The Morgan fingerprint density at radius 1 is 0.967 bits per heavy atom. The molecule has 1 atom stereocenters. The number of amides is 1. The Kier molecular flexibility index (Phi) is 6.74. The van der Waals surface area contributed by atoms with Crippen molar-refractivity contribution in [2.45, 2.75) is 24.8 Å². The highest BCUT2D eigenvalue weighted by Crippen LogP contribution is 2.17. The molecule has 0 spiro atoms. The molecule has 3 aromatic carbocycles. The number of sulfonamides is 1. The number of anilines is 1. The summed E-state index contributed by atoms with van der Waals surface area (Å²) in [5, 5.41) is 2.83. The van der Waals surface area contributed by atoms with Crippen LogP contribution in [0, 0.1) is 6.92 Å². The molecular weight excluding hydrogens is 400 g/mol. The van der Waals surface area contributed by atoms with Crippen molar-refractivity contribution in [3.63, 3.8) is 0 Å². The van der Waals surface area contributed by atoms with E-state index in [-0.39, 0.29) is 22.4 Å². The van der Waals surface area contributed by atoms with E-state index >= 15 is 0 Å². The normalized spacial score (nSPS) is 12.1. The molecule has 3 aromatic rings. The zero-order chi connectivity index (χ0) is 21.6. The Morgan fingerprint density at radius 2 is 1.67 bits per heavy atom. The summed E-state index contributed by atoms with van der Waals surface area (Å²) in [4.78, 5) is 12.6. The van der Waals surface area contributed by atoms with Crippen LogP contribution >= 0.6 is 0 Å². The number of hydrogen-bond donors (Lipinski definition) is 2. The van der Waals surface area contributed by atoms with Gasteiger partial charge in [-0.2, -0.15) is 0 Å². The van der Waals surface area contributed by atoms with Crippen LogP contribution in [0.2, 0.25) is 0 Å². The Labute approximate surface area is 177 Å². The summed E-state index contributed by atoms with van der Waals surface area (Å²) < 4.78 is 33.4. The van der Waals surface area contributed by atoms with Crippen LogP contribution in [-0.2, 0) is 10.0 Å². The van der Waals surface area contributed by atoms with E-state index in [2.05, 4.69) is 10.0 Å². The summed E-state index contributed by atoms with van der Waals surface area (Å²) in [6, 6.07) is 21.9. The molecule has 7 heteroatoms. The SMILES string of the molecule is Cc1ccc(OCC(C)NC(=O)c2cccc(S(=O)(=O)Nc3ccccc3)c2)cc1. The lowest BCUT2D eigenvalue weighted by molar-refractivity contribution is 0.0926. The Hall–Kier alpha value is -3.32. The second-order valence-corrected chi connectivity index (χ2v) is 8.68. The van der Waals surface area contributed by atoms with Crippen LogP contribution in [0.15, 0.2) is 83.8 Å². The van der Waals surface area contributed by atoms with E-state index in [0.29, 0.717) is 12.3 Å². The van der Waals surface area contributed by atoms with Gasteiger partial charge in [-0.25, -0.2) is 8.42 Å². The van der Waals surface area contributed by atoms with Crippen molar-refractivity contribution in [2.75, 3.05) is 11.3 Å². The zero-order valence-electron chi connectivity index (χ0n) is 16.8. The lowest BCUT2D eigenvalue weighted by Crippen LogP contribution is -2.36. The van der Waals surface area contributed by atoms with Gasteiger partial charge in [-0.3, -0.25) is 9.52 Å². The summed E-state index contributed by atoms with van der Waals surface area (Å²) in [5.74, 6) is 0.355. The minimum Gasteiger partial charge on any atom is -0.491 e. The molecule has 1 unspecified atom stereocenters. The Morgan fingerprint density at radius 3 is 2.37 bits per heavy atom. The van der Waals surface area contributed by atoms with E-state index in [1.54, 1.807) is 42.5 Å². The maximum absolute atomic E-state index is 12.6. The van der Waals surface area contributed by atoms with Gasteiger partial charge in [-0.15, -0.1) is 0 Å². The maximum atomic E-state index is 12.6. The van der Waals surface area contributed by atoms with Gasteiger partial charge in [0.05, 0.1) is 10.9 Å². The van der Waals surface area contributed by atoms with Gasteiger partial charge in [0.1, 0.15) is 12.4 Å². The molecule has 3 rings (SSSR count). The van der Waals surface area contributed by atoms with Crippen LogP contribution < -0.4 is 14.8 Å². The van der Waals surface area contributed by atoms with Crippen molar-refractivity contribution in [1.82, 2.24) is 5.32 Å². The van der Waals surface area contributed by atoms with Gasteiger partial charge in [-0.05, 0) is 56.3 Å². The smallest absolute Gasteiger partial charge is 0.261 e. The highest BCUT2D eigenvalue weighted by Gasteiger charge is 2.17. The fraction of sp³-hybridized carbons (Fsp3) is 0.174. The molecule has 156 valence electrons. The predicted molar refractivity (Wildman–Crippen MR) is 117 cm³/mol. The standard InChI is InChI=1S/C23H24N2O4S/c1-17-11-13-21(14-12-17)29-16-18(2)24-23(26)19-7-6-10-22(15-19)30(27,28)25-20-8-4-3-5-9-20/h3-15,18,25H,16H2,1-2H3,(H,24,26). The molecule has 0 saturated heterocycles. The van der Waals surface area contributed by atoms with Crippen LogP contribution in [-0.4, -0.2) is 27.0 Å². The van der Waals surface area contributed by atoms with Crippen molar-refractivity contribution >= 4 is 21.6 Å². The van der Waals surface area contributed by atoms with E-state index < -0.39 is 10.0 Å². The third kappa shape index (κ3) is 5.84. The van der Waals surface area contributed by atoms with Crippen molar-refractivity contribution < 1.29 is 17.9 Å². The van der Waals surface area contributed by atoms with E-state index in [1.165, 1.54) is 12.1 Å². The van der Waals surface area contributed by atoms with Gasteiger partial charge < -0.3 is 10.1 Å². The van der Waals surface area contributed by atoms with Gasteiger partial charge in [0.15, 0.2) is 0 Å². The number of carbonyl (C=O) groups excluding carboxylic acids is 1. The second-order valence-electron chi connectivity index (χ2n) is 7.00. The van der Waals surface area contributed by atoms with E-state index in [1.807, 2.05) is 38.1 Å². The number of para-hydroxylation sites is 1. The number of rotatable bonds is 8. The van der Waals surface area contributed by atoms with E-state index in [4.69, 9.17) is 4.74 Å². The molecule has 1 amide bonds. The maximum Gasteiger partial charge on any atom is 0.261 e. The fourth-order valence-corrected chi connectivity index (χ4v) is 3.83. The monoisotopic (exact) mass is 424 g/mol. The summed E-state index contributed by atoms with van der Waals surface area (Å²) in [7, 11) is -3.80. The summed E-state index contributed by atoms with van der Waals surface area (Å²) in [6.45, 7) is 4.11. The van der Waals surface area contributed by atoms with Crippen LogP contribution in [0.4, 0.5) is 5.69 Å². The number of aryl methyl sites for hydroxylation is 1. The number of ether oxygens (including phenoxy) is 1. The van der Waals surface area contributed by atoms with Gasteiger partial charge in [0.2, 0.25) is 0 Å². The zero-order valence-corrected chi connectivity index (χ0v) is 17.6. The minimum atomic E-state index is -3.80. The van der Waals surface area contributed by atoms with E-state index in [9.17, 15) is 13.2 Å². The summed E-state index contributed by atoms with van der Waals surface area (Å²) >= 11 is 0. The topological polar surface area (TPSA) is 84.5 Å². The molecule has 2 N–H and O–H groups in total. The van der Waals surface area contributed by atoms with Gasteiger partial charge in [-0.1, -0.05) is 42.0 Å². The first-order chi connectivity index (χ1) is 14.3. The van der Waals surface area contributed by atoms with E-state index in [0.717, 1.165) is 11.3 Å². The number of benzene rings is 3. The first-order valence-electron chi connectivity index (χ1n) is 9.52. The van der Waals surface area contributed by atoms with Crippen LogP contribution in [0.25, 0.3) is 0 Å². The second kappa shape index (κ2) is 9.45. The first kappa shape index (κ1) is 21.4. The average Bonchev–Trinajstić information content (AvgIpc) is 2.74. The molecule has 6 nitrogen and oxygen atoms in total. The van der Waals surface area contributed by atoms with Crippen LogP contribution in [0.5, 0.6) is 5.75 Å². The van der Waals surface area contributed by atoms with Crippen molar-refractivity contribution in [2.24, 2.45) is 0 Å². The highest BCUT2D eigenvalue weighted by atomic mass is 32.2. The summed E-state index contributed by atoms with van der Waals surface area (Å²) in [5.41, 5.74) is 1.85. The van der Waals surface area contributed by atoms with Crippen molar-refractivity contribution in [3.8, 4) is 5.75 Å². The molecule has 30 heavy (non-hydrogen) atoms. The molecule has 0 bridgehead atoms. The number of hydrogen-bond acceptors (Lipinski definition) is 4. The van der Waals surface area contributed by atoms with Crippen molar-refractivity contribution in [1.29, 1.82) is 0 Å². The molecule has 0 aliphatic heterocycles. The number of nitrogens with one attached hydrogen (secondary N) is 2. The molecule has 0 radical (unpaired) electrons. The van der Waals surface area contributed by atoms with Crippen LogP contribution in [0.3, 0.4) is 0 Å². The van der Waals surface area contributed by atoms with Gasteiger partial charge >= 0.3 is 0 Å². The molecule has 0 saturated carbocycles. The molecule has 0 aromatic heterocycles. The quantitative estimate of drug-likeness (QED) is 0.573. The average molecular weight is 425 g/mol. The van der Waals surface area contributed by atoms with Gasteiger partial charge in [0, 0.05) is 11.3 Å². The lowest BCUT2D eigenvalue weighted by Gasteiger charge is -2.16. The van der Waals surface area contributed by atoms with Crippen LogP contribution in [0.1, 0.15) is 22.8 Å². The third-order valence-electron chi connectivity index (χ3n) is 4.33. The summed E-state index contributed by atoms with van der Waals surface area (Å²) in [6.07, 6.45) is 0. The number of carbonyl (C=O) groups is 1. The minimum absolute atomic E-state index is 0.0163. The van der Waals surface area contributed by atoms with Crippen molar-refractivity contribution in [3.05, 3.63) is 90.0 Å².